The third kappa shape index (κ3) is 5.50. The number of hydrogen-bond donors (Lipinski definition) is 1. The second kappa shape index (κ2) is 7.59. The van der Waals surface area contributed by atoms with E-state index in [1.807, 2.05) is 24.3 Å². The summed E-state index contributed by atoms with van der Waals surface area (Å²) in [6.07, 6.45) is 1.47. The standard InChI is InChI=1S/C18H20INO/c1-13-4-3-5-15(10-13)11-14(2)12-18(21)20-17-8-6-16(19)7-9-17/h3-10,14H,11-12H2,1-2H3,(H,20,21)/t14-/m1/s1. The molecule has 21 heavy (non-hydrogen) atoms. The highest BCUT2D eigenvalue weighted by molar-refractivity contribution is 14.1. The molecule has 0 aliphatic heterocycles. The summed E-state index contributed by atoms with van der Waals surface area (Å²) in [4.78, 5) is 12.1. The van der Waals surface area contributed by atoms with Crippen molar-refractivity contribution in [3.63, 3.8) is 0 Å². The molecule has 2 nitrogen and oxygen atoms in total. The zero-order valence-electron chi connectivity index (χ0n) is 12.4. The third-order valence-corrected chi connectivity index (χ3v) is 4.05. The maximum Gasteiger partial charge on any atom is 0.224 e. The highest BCUT2D eigenvalue weighted by Gasteiger charge is 2.10. The zero-order chi connectivity index (χ0) is 15.2. The summed E-state index contributed by atoms with van der Waals surface area (Å²) < 4.78 is 1.17. The van der Waals surface area contributed by atoms with Gasteiger partial charge in [-0.1, -0.05) is 36.8 Å². The molecule has 1 atom stereocenters. The van der Waals surface area contributed by atoms with Gasteiger partial charge in [-0.25, -0.2) is 0 Å². The molecule has 2 rings (SSSR count). The Bertz CT molecular complexity index is 607. The minimum absolute atomic E-state index is 0.0800. The Morgan fingerprint density at radius 3 is 2.57 bits per heavy atom. The van der Waals surface area contributed by atoms with Gasteiger partial charge in [-0.3, -0.25) is 4.79 Å². The second-order valence-corrected chi connectivity index (χ2v) is 6.80. The van der Waals surface area contributed by atoms with Gasteiger partial charge < -0.3 is 5.32 Å². The van der Waals surface area contributed by atoms with Crippen LogP contribution in [0.5, 0.6) is 0 Å². The van der Waals surface area contributed by atoms with Crippen LogP contribution >= 0.6 is 22.6 Å². The minimum Gasteiger partial charge on any atom is -0.326 e. The van der Waals surface area contributed by atoms with Crippen molar-refractivity contribution >= 4 is 34.2 Å². The van der Waals surface area contributed by atoms with Crippen molar-refractivity contribution in [2.75, 3.05) is 5.32 Å². The fourth-order valence-corrected chi connectivity index (χ4v) is 2.73. The predicted octanol–water partition coefficient (Wildman–Crippen LogP) is 4.81. The Morgan fingerprint density at radius 1 is 1.19 bits per heavy atom. The van der Waals surface area contributed by atoms with E-state index in [9.17, 15) is 4.79 Å². The van der Waals surface area contributed by atoms with E-state index in [1.165, 1.54) is 14.7 Å². The zero-order valence-corrected chi connectivity index (χ0v) is 14.6. The summed E-state index contributed by atoms with van der Waals surface area (Å²) in [5, 5.41) is 2.95. The third-order valence-electron chi connectivity index (χ3n) is 3.33. The normalized spacial score (nSPS) is 12.0. The molecule has 0 saturated carbocycles. The molecule has 0 aliphatic rings. The Labute approximate surface area is 140 Å². The van der Waals surface area contributed by atoms with Gasteiger partial charge in [0, 0.05) is 15.7 Å². The van der Waals surface area contributed by atoms with Crippen LogP contribution in [-0.2, 0) is 11.2 Å². The number of hydrogen-bond acceptors (Lipinski definition) is 1. The van der Waals surface area contributed by atoms with Crippen LogP contribution in [0.3, 0.4) is 0 Å². The van der Waals surface area contributed by atoms with E-state index >= 15 is 0 Å². The van der Waals surface area contributed by atoms with Gasteiger partial charge in [0.05, 0.1) is 0 Å². The summed E-state index contributed by atoms with van der Waals surface area (Å²) in [5.41, 5.74) is 3.43. The number of carbonyl (C=O) groups excluding carboxylic acids is 1. The molecule has 0 heterocycles. The van der Waals surface area contributed by atoms with Gasteiger partial charge in [0.2, 0.25) is 5.91 Å². The lowest BCUT2D eigenvalue weighted by atomic mass is 9.97. The van der Waals surface area contributed by atoms with E-state index in [-0.39, 0.29) is 5.91 Å². The summed E-state index contributed by atoms with van der Waals surface area (Å²) in [7, 11) is 0. The van der Waals surface area contributed by atoms with Crippen molar-refractivity contribution in [2.45, 2.75) is 26.7 Å². The number of carbonyl (C=O) groups is 1. The molecule has 0 unspecified atom stereocenters. The van der Waals surface area contributed by atoms with Gasteiger partial charge in [0.1, 0.15) is 0 Å². The first-order valence-corrected chi connectivity index (χ1v) is 8.22. The van der Waals surface area contributed by atoms with Gasteiger partial charge in [0.15, 0.2) is 0 Å². The van der Waals surface area contributed by atoms with Crippen LogP contribution in [0.25, 0.3) is 0 Å². The van der Waals surface area contributed by atoms with Crippen molar-refractivity contribution in [3.8, 4) is 0 Å². The largest absolute Gasteiger partial charge is 0.326 e. The number of amides is 1. The second-order valence-electron chi connectivity index (χ2n) is 5.56. The average molecular weight is 393 g/mol. The van der Waals surface area contributed by atoms with Gasteiger partial charge in [-0.05, 0) is 71.7 Å². The fraction of sp³-hybridized carbons (Fsp3) is 0.278. The first-order chi connectivity index (χ1) is 10.0. The lowest BCUT2D eigenvalue weighted by Crippen LogP contribution is -2.16. The van der Waals surface area contributed by atoms with Crippen LogP contribution in [0.4, 0.5) is 5.69 Å². The van der Waals surface area contributed by atoms with Crippen LogP contribution in [0.15, 0.2) is 48.5 Å². The molecule has 0 saturated heterocycles. The van der Waals surface area contributed by atoms with Crippen LogP contribution in [-0.4, -0.2) is 5.91 Å². The topological polar surface area (TPSA) is 29.1 Å². The first kappa shape index (κ1) is 16.0. The molecule has 1 amide bonds. The van der Waals surface area contributed by atoms with E-state index in [0.29, 0.717) is 12.3 Å². The van der Waals surface area contributed by atoms with Crippen LogP contribution in [0.2, 0.25) is 0 Å². The first-order valence-electron chi connectivity index (χ1n) is 7.14. The Balaban J connectivity index is 1.86. The fourth-order valence-electron chi connectivity index (χ4n) is 2.38. The van der Waals surface area contributed by atoms with Gasteiger partial charge in [0.25, 0.3) is 0 Å². The smallest absolute Gasteiger partial charge is 0.224 e. The Morgan fingerprint density at radius 2 is 1.90 bits per heavy atom. The molecule has 110 valence electrons. The van der Waals surface area contributed by atoms with Gasteiger partial charge >= 0.3 is 0 Å². The van der Waals surface area contributed by atoms with E-state index < -0.39 is 0 Å². The lowest BCUT2D eigenvalue weighted by molar-refractivity contribution is -0.116. The van der Waals surface area contributed by atoms with Crippen molar-refractivity contribution < 1.29 is 4.79 Å². The van der Waals surface area contributed by atoms with Crippen LogP contribution < -0.4 is 5.32 Å². The van der Waals surface area contributed by atoms with E-state index in [1.54, 1.807) is 0 Å². The SMILES string of the molecule is Cc1cccc(C[C@@H](C)CC(=O)Nc2ccc(I)cc2)c1. The minimum atomic E-state index is 0.0800. The molecule has 3 heteroatoms. The predicted molar refractivity (Wildman–Crippen MR) is 96.5 cm³/mol. The molecule has 0 aliphatic carbocycles. The summed E-state index contributed by atoms with van der Waals surface area (Å²) in [6, 6.07) is 16.3. The highest BCUT2D eigenvalue weighted by Crippen LogP contribution is 2.16. The highest BCUT2D eigenvalue weighted by atomic mass is 127. The summed E-state index contributed by atoms with van der Waals surface area (Å²) in [6.45, 7) is 4.22. The Hall–Kier alpha value is -1.36. The number of aryl methyl sites for hydroxylation is 1. The van der Waals surface area contributed by atoms with Gasteiger partial charge in [-0.2, -0.15) is 0 Å². The molecule has 1 N–H and O–H groups in total. The van der Waals surface area contributed by atoms with Gasteiger partial charge in [-0.15, -0.1) is 0 Å². The van der Waals surface area contributed by atoms with Crippen LogP contribution in [0, 0.1) is 16.4 Å². The summed E-state index contributed by atoms with van der Waals surface area (Å²) in [5.74, 6) is 0.409. The number of halogens is 1. The number of benzene rings is 2. The van der Waals surface area contributed by atoms with Crippen LogP contribution in [0.1, 0.15) is 24.5 Å². The molecular weight excluding hydrogens is 373 g/mol. The van der Waals surface area contributed by atoms with Crippen molar-refractivity contribution in [1.82, 2.24) is 0 Å². The maximum absolute atomic E-state index is 12.1. The van der Waals surface area contributed by atoms with E-state index in [0.717, 1.165) is 12.1 Å². The molecule has 0 spiro atoms. The van der Waals surface area contributed by atoms with Crippen molar-refractivity contribution in [1.29, 1.82) is 0 Å². The van der Waals surface area contributed by atoms with E-state index in [2.05, 4.69) is 66.0 Å². The number of nitrogens with one attached hydrogen (secondary N) is 1. The number of rotatable bonds is 5. The monoisotopic (exact) mass is 393 g/mol. The Kier molecular flexibility index (Phi) is 5.79. The molecule has 2 aromatic carbocycles. The lowest BCUT2D eigenvalue weighted by Gasteiger charge is -2.12. The molecule has 0 bridgehead atoms. The maximum atomic E-state index is 12.1. The summed E-state index contributed by atoms with van der Waals surface area (Å²) >= 11 is 2.25. The average Bonchev–Trinajstić information content (AvgIpc) is 2.41. The molecular formula is C18H20INO. The van der Waals surface area contributed by atoms with Crippen molar-refractivity contribution in [3.05, 3.63) is 63.2 Å². The molecule has 0 fully saturated rings. The van der Waals surface area contributed by atoms with E-state index in [4.69, 9.17) is 0 Å². The number of anilines is 1. The van der Waals surface area contributed by atoms with Crippen molar-refractivity contribution in [2.24, 2.45) is 5.92 Å². The quantitative estimate of drug-likeness (QED) is 0.726. The molecule has 0 aromatic heterocycles. The molecule has 0 radical (unpaired) electrons. The molecule has 2 aromatic rings.